The monoisotopic (exact) mass is 193 g/mol. The molecule has 1 saturated heterocycles. The molecule has 0 aromatic carbocycles. The third kappa shape index (κ3) is 1.84. The highest BCUT2D eigenvalue weighted by molar-refractivity contribution is 5.92. The maximum Gasteiger partial charge on any atom is 0.157 e. The van der Waals surface area contributed by atoms with Crippen molar-refractivity contribution < 1.29 is 4.79 Å². The highest BCUT2D eigenvalue weighted by Crippen LogP contribution is 2.29. The van der Waals surface area contributed by atoms with Crippen LogP contribution < -0.4 is 0 Å². The van der Waals surface area contributed by atoms with Crippen LogP contribution in [0.25, 0.3) is 0 Å². The fourth-order valence-corrected chi connectivity index (χ4v) is 2.64. The van der Waals surface area contributed by atoms with Crippen molar-refractivity contribution in [2.24, 2.45) is 5.92 Å². The zero-order valence-corrected chi connectivity index (χ0v) is 9.12. The summed E-state index contributed by atoms with van der Waals surface area (Å²) in [4.78, 5) is 13.6. The Morgan fingerprint density at radius 1 is 1.36 bits per heavy atom. The normalized spacial score (nSPS) is 33.4. The van der Waals surface area contributed by atoms with E-state index in [0.717, 1.165) is 25.3 Å². The Balaban J connectivity index is 2.04. The van der Waals surface area contributed by atoms with E-state index in [-0.39, 0.29) is 0 Å². The molecule has 2 unspecified atom stereocenters. The zero-order chi connectivity index (χ0) is 10.1. The van der Waals surface area contributed by atoms with Gasteiger partial charge in [0, 0.05) is 30.8 Å². The first-order chi connectivity index (χ1) is 6.66. The lowest BCUT2D eigenvalue weighted by Gasteiger charge is -2.39. The van der Waals surface area contributed by atoms with Crippen LogP contribution in [0.1, 0.15) is 39.5 Å². The predicted octanol–water partition coefficient (Wildman–Crippen LogP) is 2.35. The Labute approximate surface area is 86.0 Å². The van der Waals surface area contributed by atoms with Gasteiger partial charge >= 0.3 is 0 Å². The van der Waals surface area contributed by atoms with Gasteiger partial charge in [0.15, 0.2) is 5.78 Å². The molecule has 0 N–H and O–H groups in total. The van der Waals surface area contributed by atoms with Crippen LogP contribution in [-0.4, -0.2) is 23.3 Å². The molecule has 1 aliphatic heterocycles. The van der Waals surface area contributed by atoms with Crippen LogP contribution >= 0.6 is 0 Å². The molecule has 14 heavy (non-hydrogen) atoms. The maximum absolute atomic E-state index is 11.2. The van der Waals surface area contributed by atoms with Crippen LogP contribution in [-0.2, 0) is 4.79 Å². The van der Waals surface area contributed by atoms with Gasteiger partial charge in [0.05, 0.1) is 0 Å². The van der Waals surface area contributed by atoms with Crippen molar-refractivity contribution in [2.45, 2.75) is 45.6 Å². The van der Waals surface area contributed by atoms with Crippen LogP contribution in [0, 0.1) is 5.92 Å². The van der Waals surface area contributed by atoms with Gasteiger partial charge < -0.3 is 4.90 Å². The summed E-state index contributed by atoms with van der Waals surface area (Å²) in [6.45, 7) is 5.74. The molecule has 0 saturated carbocycles. The van der Waals surface area contributed by atoms with Crippen LogP contribution in [0.15, 0.2) is 11.8 Å². The Morgan fingerprint density at radius 2 is 2.14 bits per heavy atom. The summed E-state index contributed by atoms with van der Waals surface area (Å²) >= 11 is 0. The number of piperidine rings is 1. The van der Waals surface area contributed by atoms with Gasteiger partial charge in [-0.25, -0.2) is 0 Å². The minimum Gasteiger partial charge on any atom is -0.372 e. The minimum absolute atomic E-state index is 0.311. The third-order valence-corrected chi connectivity index (χ3v) is 3.46. The standard InChI is InChI=1S/C12H19NO/c1-9-5-6-13(10(2)7-9)11-3-4-12(14)8-11/h8-10H,3-7H2,1-2H3. The van der Waals surface area contributed by atoms with Gasteiger partial charge in [-0.2, -0.15) is 0 Å². The summed E-state index contributed by atoms with van der Waals surface area (Å²) in [7, 11) is 0. The largest absolute Gasteiger partial charge is 0.372 e. The van der Waals surface area contributed by atoms with Crippen molar-refractivity contribution in [1.29, 1.82) is 0 Å². The Hall–Kier alpha value is -0.790. The lowest BCUT2D eigenvalue weighted by molar-refractivity contribution is -0.114. The second-order valence-electron chi connectivity index (χ2n) is 4.77. The van der Waals surface area contributed by atoms with Crippen LogP contribution in [0.2, 0.25) is 0 Å². The molecule has 0 aromatic rings. The van der Waals surface area contributed by atoms with E-state index < -0.39 is 0 Å². The lowest BCUT2D eigenvalue weighted by Crippen LogP contribution is -2.39. The van der Waals surface area contributed by atoms with E-state index in [1.54, 1.807) is 0 Å². The van der Waals surface area contributed by atoms with Gasteiger partial charge in [0.1, 0.15) is 0 Å². The first-order valence-electron chi connectivity index (χ1n) is 5.67. The van der Waals surface area contributed by atoms with Crippen LogP contribution in [0.4, 0.5) is 0 Å². The molecule has 0 aromatic heterocycles. The fourth-order valence-electron chi connectivity index (χ4n) is 2.64. The van der Waals surface area contributed by atoms with Crippen molar-refractivity contribution in [3.63, 3.8) is 0 Å². The molecule has 2 heteroatoms. The Morgan fingerprint density at radius 3 is 2.71 bits per heavy atom. The number of nitrogens with zero attached hydrogens (tertiary/aromatic N) is 1. The number of hydrogen-bond acceptors (Lipinski definition) is 2. The van der Waals surface area contributed by atoms with Crippen molar-refractivity contribution in [3.05, 3.63) is 11.8 Å². The van der Waals surface area contributed by atoms with Crippen LogP contribution in [0.5, 0.6) is 0 Å². The van der Waals surface area contributed by atoms with E-state index in [0.29, 0.717) is 11.8 Å². The van der Waals surface area contributed by atoms with Gasteiger partial charge in [-0.15, -0.1) is 0 Å². The molecule has 1 heterocycles. The molecule has 0 radical (unpaired) electrons. The zero-order valence-electron chi connectivity index (χ0n) is 9.12. The molecule has 1 aliphatic carbocycles. The molecule has 2 rings (SSSR count). The molecule has 78 valence electrons. The molecule has 2 aliphatic rings. The van der Waals surface area contributed by atoms with E-state index >= 15 is 0 Å². The number of hydrogen-bond donors (Lipinski definition) is 0. The van der Waals surface area contributed by atoms with Crippen molar-refractivity contribution >= 4 is 5.78 Å². The number of likely N-dealkylation sites (tertiary alicyclic amines) is 1. The number of carbonyl (C=O) groups excluding carboxylic acids is 1. The molecule has 0 spiro atoms. The first-order valence-corrected chi connectivity index (χ1v) is 5.67. The summed E-state index contributed by atoms with van der Waals surface area (Å²) in [5.41, 5.74) is 1.29. The Bertz CT molecular complexity index is 269. The molecular formula is C12H19NO. The molecule has 0 bridgehead atoms. The molecule has 1 fully saturated rings. The quantitative estimate of drug-likeness (QED) is 0.637. The van der Waals surface area contributed by atoms with E-state index in [9.17, 15) is 4.79 Å². The topological polar surface area (TPSA) is 20.3 Å². The summed E-state index contributed by atoms with van der Waals surface area (Å²) in [5.74, 6) is 1.16. The van der Waals surface area contributed by atoms with Gasteiger partial charge in [-0.1, -0.05) is 6.92 Å². The second-order valence-corrected chi connectivity index (χ2v) is 4.77. The average molecular weight is 193 g/mol. The first kappa shape index (κ1) is 9.75. The van der Waals surface area contributed by atoms with Crippen molar-refractivity contribution in [3.8, 4) is 0 Å². The predicted molar refractivity (Wildman–Crippen MR) is 56.9 cm³/mol. The van der Waals surface area contributed by atoms with Gasteiger partial charge in [-0.3, -0.25) is 4.79 Å². The SMILES string of the molecule is CC1CCN(C2=CC(=O)CC2)C(C)C1. The van der Waals surface area contributed by atoms with Crippen LogP contribution in [0.3, 0.4) is 0 Å². The number of carbonyl (C=O) groups is 1. The van der Waals surface area contributed by atoms with Gasteiger partial charge in [0.25, 0.3) is 0 Å². The Kier molecular flexibility index (Phi) is 2.62. The second kappa shape index (κ2) is 3.76. The minimum atomic E-state index is 0.311. The third-order valence-electron chi connectivity index (χ3n) is 3.46. The van der Waals surface area contributed by atoms with E-state index in [1.807, 2.05) is 6.08 Å². The number of ketones is 1. The van der Waals surface area contributed by atoms with Gasteiger partial charge in [0.2, 0.25) is 0 Å². The van der Waals surface area contributed by atoms with E-state index in [4.69, 9.17) is 0 Å². The molecule has 2 atom stereocenters. The van der Waals surface area contributed by atoms with E-state index in [1.165, 1.54) is 18.5 Å². The highest BCUT2D eigenvalue weighted by atomic mass is 16.1. The smallest absolute Gasteiger partial charge is 0.157 e. The number of allylic oxidation sites excluding steroid dienone is 2. The molecular weight excluding hydrogens is 174 g/mol. The lowest BCUT2D eigenvalue weighted by atomic mass is 9.93. The summed E-state index contributed by atoms with van der Waals surface area (Å²) in [6, 6.07) is 0.621. The number of rotatable bonds is 1. The van der Waals surface area contributed by atoms with Crippen molar-refractivity contribution in [1.82, 2.24) is 4.90 Å². The van der Waals surface area contributed by atoms with Crippen molar-refractivity contribution in [2.75, 3.05) is 6.54 Å². The molecule has 2 nitrogen and oxygen atoms in total. The summed E-state index contributed by atoms with van der Waals surface area (Å²) < 4.78 is 0. The maximum atomic E-state index is 11.2. The summed E-state index contributed by atoms with van der Waals surface area (Å²) in [6.07, 6.45) is 6.10. The fraction of sp³-hybridized carbons (Fsp3) is 0.750. The average Bonchev–Trinajstić information content (AvgIpc) is 2.51. The van der Waals surface area contributed by atoms with E-state index in [2.05, 4.69) is 18.7 Å². The molecule has 0 amide bonds. The highest BCUT2D eigenvalue weighted by Gasteiger charge is 2.26. The van der Waals surface area contributed by atoms with Gasteiger partial charge in [-0.05, 0) is 32.1 Å². The summed E-state index contributed by atoms with van der Waals surface area (Å²) in [5, 5.41) is 0.